The summed E-state index contributed by atoms with van der Waals surface area (Å²) in [5, 5.41) is 0. The van der Waals surface area contributed by atoms with Crippen molar-refractivity contribution in [3.05, 3.63) is 21.1 Å². The third-order valence-electron chi connectivity index (χ3n) is 3.54. The predicted molar refractivity (Wildman–Crippen MR) is 87.1 cm³/mol. The van der Waals surface area contributed by atoms with Crippen molar-refractivity contribution in [2.45, 2.75) is 17.9 Å². The van der Waals surface area contributed by atoms with Crippen molar-refractivity contribution in [3.63, 3.8) is 0 Å². The lowest BCUT2D eigenvalue weighted by molar-refractivity contribution is 0.159. The van der Waals surface area contributed by atoms with Gasteiger partial charge in [0.1, 0.15) is 4.90 Å². The summed E-state index contributed by atoms with van der Waals surface area (Å²) in [6, 6.07) is 3.42. The molecule has 1 unspecified atom stereocenters. The van der Waals surface area contributed by atoms with Crippen molar-refractivity contribution in [3.8, 4) is 0 Å². The lowest BCUT2D eigenvalue weighted by Gasteiger charge is -2.37. The molecule has 1 aliphatic heterocycles. The van der Waals surface area contributed by atoms with E-state index in [0.717, 1.165) is 6.54 Å². The number of hydrogen-bond donors (Lipinski definition) is 1. The highest BCUT2D eigenvalue weighted by atomic mass is 79.9. The third kappa shape index (κ3) is 3.04. The van der Waals surface area contributed by atoms with Crippen molar-refractivity contribution in [1.82, 2.24) is 9.21 Å². The average molecular weight is 427 g/mol. The molecule has 2 rings (SSSR count). The Bertz CT molecular complexity index is 598. The molecule has 1 aromatic rings. The Hall–Kier alpha value is -0.150. The molecule has 1 saturated heterocycles. The average Bonchev–Trinajstić information content (AvgIpc) is 2.30. The fourth-order valence-electron chi connectivity index (χ4n) is 2.19. The monoisotopic (exact) mass is 425 g/mol. The van der Waals surface area contributed by atoms with Crippen LogP contribution in [0, 0.1) is 0 Å². The van der Waals surface area contributed by atoms with Gasteiger partial charge in [0.25, 0.3) is 0 Å². The minimum absolute atomic E-state index is 0.199. The summed E-state index contributed by atoms with van der Waals surface area (Å²) in [7, 11) is -1.54. The first kappa shape index (κ1) is 16.2. The van der Waals surface area contributed by atoms with Gasteiger partial charge in [-0.05, 0) is 58.0 Å². The van der Waals surface area contributed by atoms with Crippen molar-refractivity contribution in [1.29, 1.82) is 0 Å². The Morgan fingerprint density at radius 2 is 1.80 bits per heavy atom. The van der Waals surface area contributed by atoms with Crippen molar-refractivity contribution < 1.29 is 8.42 Å². The molecule has 112 valence electrons. The molecule has 0 aliphatic carbocycles. The van der Waals surface area contributed by atoms with Gasteiger partial charge in [-0.1, -0.05) is 0 Å². The molecule has 0 saturated carbocycles. The zero-order valence-corrected chi connectivity index (χ0v) is 15.3. The molecular formula is C12H17Br2N3O2S. The molecule has 1 aliphatic rings. The molecule has 0 amide bonds. The normalized spacial score (nSPS) is 22.1. The molecule has 0 radical (unpaired) electrons. The zero-order valence-electron chi connectivity index (χ0n) is 11.3. The highest BCUT2D eigenvalue weighted by molar-refractivity contribution is 9.11. The Labute approximate surface area is 136 Å². The first-order valence-corrected chi connectivity index (χ1v) is 9.21. The number of nitrogens with zero attached hydrogens (tertiary/aromatic N) is 2. The fraction of sp³-hybridized carbons (Fsp3) is 0.500. The third-order valence-corrected chi connectivity index (χ3v) is 7.28. The molecule has 20 heavy (non-hydrogen) atoms. The maximum Gasteiger partial charge on any atom is 0.245 e. The van der Waals surface area contributed by atoms with E-state index in [0.29, 0.717) is 27.7 Å². The summed E-state index contributed by atoms with van der Waals surface area (Å²) in [5.74, 6) is 0. The number of piperazine rings is 1. The first-order chi connectivity index (χ1) is 9.23. The molecule has 1 atom stereocenters. The van der Waals surface area contributed by atoms with E-state index in [4.69, 9.17) is 5.73 Å². The summed E-state index contributed by atoms with van der Waals surface area (Å²) in [6.07, 6.45) is 0. The molecular weight excluding hydrogens is 410 g/mol. The number of sulfonamides is 1. The van der Waals surface area contributed by atoms with Crippen LogP contribution in [0.2, 0.25) is 0 Å². The van der Waals surface area contributed by atoms with Gasteiger partial charge in [0.05, 0.1) is 0 Å². The standard InChI is InChI=1S/C12H17Br2N3O2S/c1-8-7-17(4-3-16(8)2)20(18,19)12-10(13)5-9(15)6-11(12)14/h5-6,8H,3-4,7,15H2,1-2H3. The summed E-state index contributed by atoms with van der Waals surface area (Å²) < 4.78 is 28.1. The molecule has 1 aromatic carbocycles. The number of halogens is 2. The molecule has 8 heteroatoms. The minimum Gasteiger partial charge on any atom is -0.399 e. The number of rotatable bonds is 2. The second kappa shape index (κ2) is 5.92. The van der Waals surface area contributed by atoms with Crippen LogP contribution in [0.5, 0.6) is 0 Å². The van der Waals surface area contributed by atoms with E-state index in [1.807, 2.05) is 14.0 Å². The van der Waals surface area contributed by atoms with Crippen molar-refractivity contribution in [2.24, 2.45) is 0 Å². The minimum atomic E-state index is -3.54. The first-order valence-electron chi connectivity index (χ1n) is 6.18. The van der Waals surface area contributed by atoms with Crippen molar-refractivity contribution in [2.75, 3.05) is 32.4 Å². The topological polar surface area (TPSA) is 66.6 Å². The van der Waals surface area contributed by atoms with E-state index >= 15 is 0 Å². The largest absolute Gasteiger partial charge is 0.399 e. The summed E-state index contributed by atoms with van der Waals surface area (Å²) in [6.45, 7) is 3.73. The molecule has 2 N–H and O–H groups in total. The van der Waals surface area contributed by atoms with Crippen LogP contribution in [-0.2, 0) is 10.0 Å². The van der Waals surface area contributed by atoms with E-state index in [-0.39, 0.29) is 10.9 Å². The highest BCUT2D eigenvalue weighted by Crippen LogP contribution is 2.34. The van der Waals surface area contributed by atoms with E-state index in [2.05, 4.69) is 36.8 Å². The molecule has 5 nitrogen and oxygen atoms in total. The molecule has 0 bridgehead atoms. The Morgan fingerprint density at radius 1 is 1.25 bits per heavy atom. The number of benzene rings is 1. The number of nitrogens with two attached hydrogens (primary N) is 1. The van der Waals surface area contributed by atoms with E-state index in [9.17, 15) is 8.42 Å². The summed E-state index contributed by atoms with van der Waals surface area (Å²) in [4.78, 5) is 2.39. The summed E-state index contributed by atoms with van der Waals surface area (Å²) >= 11 is 6.60. The van der Waals surface area contributed by atoms with Crippen LogP contribution in [0.3, 0.4) is 0 Å². The predicted octanol–water partition coefficient (Wildman–Crippen LogP) is 2.12. The van der Waals surface area contributed by atoms with E-state index < -0.39 is 10.0 Å². The van der Waals surface area contributed by atoms with Crippen LogP contribution in [0.1, 0.15) is 6.92 Å². The maximum atomic E-state index is 12.8. The van der Waals surface area contributed by atoms with Gasteiger partial charge in [-0.3, -0.25) is 0 Å². The van der Waals surface area contributed by atoms with Gasteiger partial charge in [-0.2, -0.15) is 4.31 Å². The van der Waals surface area contributed by atoms with Gasteiger partial charge < -0.3 is 10.6 Å². The second-order valence-electron chi connectivity index (χ2n) is 5.01. The van der Waals surface area contributed by atoms with Crippen LogP contribution >= 0.6 is 31.9 Å². The zero-order chi connectivity index (χ0) is 15.1. The van der Waals surface area contributed by atoms with Crippen LogP contribution in [-0.4, -0.2) is 50.3 Å². The fourth-order valence-corrected chi connectivity index (χ4v) is 6.24. The second-order valence-corrected chi connectivity index (χ2v) is 8.59. The molecule has 0 aromatic heterocycles. The number of anilines is 1. The molecule has 0 spiro atoms. The number of likely N-dealkylation sites (N-methyl/N-ethyl adjacent to an activating group) is 1. The van der Waals surface area contributed by atoms with Crippen LogP contribution in [0.4, 0.5) is 5.69 Å². The summed E-state index contributed by atoms with van der Waals surface area (Å²) in [5.41, 5.74) is 6.22. The van der Waals surface area contributed by atoms with Gasteiger partial charge in [0.15, 0.2) is 0 Å². The molecule has 1 heterocycles. The van der Waals surface area contributed by atoms with Gasteiger partial charge in [0, 0.05) is 40.3 Å². The highest BCUT2D eigenvalue weighted by Gasteiger charge is 2.33. The Balaban J connectivity index is 2.41. The maximum absolute atomic E-state index is 12.8. The molecule has 1 fully saturated rings. The van der Waals surface area contributed by atoms with Crippen LogP contribution in [0.25, 0.3) is 0 Å². The lowest BCUT2D eigenvalue weighted by Crippen LogP contribution is -2.51. The SMILES string of the molecule is CC1CN(S(=O)(=O)c2c(Br)cc(N)cc2Br)CCN1C. The smallest absolute Gasteiger partial charge is 0.245 e. The number of hydrogen-bond acceptors (Lipinski definition) is 4. The van der Waals surface area contributed by atoms with Gasteiger partial charge in [-0.15, -0.1) is 0 Å². The van der Waals surface area contributed by atoms with Gasteiger partial charge in [-0.25, -0.2) is 8.42 Å². The Morgan fingerprint density at radius 3 is 2.30 bits per heavy atom. The van der Waals surface area contributed by atoms with Gasteiger partial charge >= 0.3 is 0 Å². The van der Waals surface area contributed by atoms with E-state index in [1.165, 1.54) is 4.31 Å². The van der Waals surface area contributed by atoms with Gasteiger partial charge in [0.2, 0.25) is 10.0 Å². The number of nitrogen functional groups attached to an aromatic ring is 1. The van der Waals surface area contributed by atoms with Crippen LogP contribution < -0.4 is 5.73 Å². The van der Waals surface area contributed by atoms with E-state index in [1.54, 1.807) is 12.1 Å². The lowest BCUT2D eigenvalue weighted by atomic mass is 10.2. The quantitative estimate of drug-likeness (QED) is 0.735. The Kier molecular flexibility index (Phi) is 4.80. The van der Waals surface area contributed by atoms with Crippen molar-refractivity contribution >= 4 is 47.6 Å². The van der Waals surface area contributed by atoms with Crippen LogP contribution in [0.15, 0.2) is 26.0 Å².